The van der Waals surface area contributed by atoms with Crippen LogP contribution < -0.4 is 4.90 Å². The van der Waals surface area contributed by atoms with Crippen molar-refractivity contribution in [3.05, 3.63) is 175 Å². The van der Waals surface area contributed by atoms with E-state index in [1.807, 2.05) is 0 Å². The van der Waals surface area contributed by atoms with E-state index < -0.39 is 0 Å². The van der Waals surface area contributed by atoms with E-state index >= 15 is 0 Å². The van der Waals surface area contributed by atoms with E-state index in [-0.39, 0.29) is 5.41 Å². The van der Waals surface area contributed by atoms with Gasteiger partial charge in [0, 0.05) is 38.7 Å². The smallest absolute Gasteiger partial charge is 0.136 e. The van der Waals surface area contributed by atoms with Crippen molar-refractivity contribution in [3.8, 4) is 33.4 Å². The second-order valence-corrected chi connectivity index (χ2v) is 12.9. The van der Waals surface area contributed by atoms with Crippen LogP contribution in [0.25, 0.3) is 55.3 Å². The van der Waals surface area contributed by atoms with Gasteiger partial charge in [-0.05, 0) is 75.8 Å². The zero-order chi connectivity index (χ0) is 31.5. The van der Waals surface area contributed by atoms with Crippen LogP contribution in [0, 0.1) is 0 Å². The lowest BCUT2D eigenvalue weighted by Crippen LogP contribution is -2.15. The highest BCUT2D eigenvalue weighted by molar-refractivity contribution is 6.17. The summed E-state index contributed by atoms with van der Waals surface area (Å²) in [4.78, 5) is 2.40. The molecule has 0 amide bonds. The molecule has 1 heterocycles. The fourth-order valence-corrected chi connectivity index (χ4v) is 7.66. The molecule has 8 aromatic rings. The maximum atomic E-state index is 6.56. The third-order valence-corrected chi connectivity index (χ3v) is 9.85. The van der Waals surface area contributed by atoms with Crippen LogP contribution in [-0.2, 0) is 5.41 Å². The van der Waals surface area contributed by atoms with Gasteiger partial charge < -0.3 is 9.32 Å². The van der Waals surface area contributed by atoms with Gasteiger partial charge in [-0.15, -0.1) is 0 Å². The number of nitrogens with zero attached hydrogens (tertiary/aromatic N) is 1. The largest absolute Gasteiger partial charge is 0.456 e. The van der Waals surface area contributed by atoms with Gasteiger partial charge in [0.25, 0.3) is 0 Å². The lowest BCUT2D eigenvalue weighted by Gasteiger charge is -2.29. The number of fused-ring (bicyclic) bond motifs is 6. The summed E-state index contributed by atoms with van der Waals surface area (Å²) in [5.74, 6) is 0. The van der Waals surface area contributed by atoms with Gasteiger partial charge in [0.1, 0.15) is 11.2 Å². The number of para-hydroxylation sites is 3. The second kappa shape index (κ2) is 10.6. The Morgan fingerprint density at radius 2 is 1.11 bits per heavy atom. The minimum absolute atomic E-state index is 0.209. The molecule has 1 aliphatic rings. The van der Waals surface area contributed by atoms with Gasteiger partial charge in [-0.2, -0.15) is 0 Å². The highest BCUT2D eigenvalue weighted by Gasteiger charge is 2.39. The first kappa shape index (κ1) is 27.5. The van der Waals surface area contributed by atoms with Crippen LogP contribution >= 0.6 is 0 Å². The molecule has 0 aliphatic heterocycles. The van der Waals surface area contributed by atoms with Crippen molar-refractivity contribution >= 4 is 39.0 Å². The number of anilines is 3. The highest BCUT2D eigenvalue weighted by atomic mass is 16.3. The summed E-state index contributed by atoms with van der Waals surface area (Å²) in [5, 5.41) is 2.32. The fourth-order valence-electron chi connectivity index (χ4n) is 7.66. The molecule has 1 aliphatic carbocycles. The summed E-state index contributed by atoms with van der Waals surface area (Å²) < 4.78 is 6.56. The molecule has 2 nitrogen and oxygen atoms in total. The quantitative estimate of drug-likeness (QED) is 0.195. The fraction of sp³-hybridized carbons (Fsp3) is 0.0667. The molecule has 0 unspecified atom stereocenters. The van der Waals surface area contributed by atoms with Gasteiger partial charge in [-0.3, -0.25) is 0 Å². The van der Waals surface area contributed by atoms with Gasteiger partial charge in [0.05, 0.1) is 5.69 Å². The molecule has 0 spiro atoms. The molecule has 0 atom stereocenters. The van der Waals surface area contributed by atoms with Crippen molar-refractivity contribution in [3.63, 3.8) is 0 Å². The Morgan fingerprint density at radius 1 is 0.468 bits per heavy atom. The van der Waals surface area contributed by atoms with Crippen molar-refractivity contribution in [2.45, 2.75) is 19.3 Å². The first-order chi connectivity index (χ1) is 23.1. The van der Waals surface area contributed by atoms with E-state index in [0.717, 1.165) is 33.6 Å². The summed E-state index contributed by atoms with van der Waals surface area (Å²) in [6.07, 6.45) is 0. The van der Waals surface area contributed by atoms with Gasteiger partial charge in [-0.25, -0.2) is 0 Å². The number of benzene rings is 7. The minimum Gasteiger partial charge on any atom is -0.456 e. The standard InChI is InChI=1S/C45H33NO/c1-45(2)37-27-26-33(46(32-20-10-5-11-21-32)39-24-14-12-22-34(39)30-16-6-3-7-17-30)28-36(37)43-38(45)29-41-44(35-23-13-15-25-40(35)47-41)42(43)31-18-8-4-9-19-31/h3-29H,1-2H3. The van der Waals surface area contributed by atoms with Crippen LogP contribution in [0.1, 0.15) is 25.0 Å². The third-order valence-electron chi connectivity index (χ3n) is 9.85. The molecule has 9 rings (SSSR count). The van der Waals surface area contributed by atoms with Crippen LogP contribution in [-0.4, -0.2) is 0 Å². The topological polar surface area (TPSA) is 16.4 Å². The number of hydrogen-bond acceptors (Lipinski definition) is 2. The van der Waals surface area contributed by atoms with Gasteiger partial charge in [-0.1, -0.05) is 135 Å². The van der Waals surface area contributed by atoms with Crippen LogP contribution in [0.2, 0.25) is 0 Å². The second-order valence-electron chi connectivity index (χ2n) is 12.9. The Labute approximate surface area is 275 Å². The minimum atomic E-state index is -0.209. The van der Waals surface area contributed by atoms with E-state index in [0.29, 0.717) is 0 Å². The number of furan rings is 1. The molecule has 7 aromatic carbocycles. The first-order valence-corrected chi connectivity index (χ1v) is 16.3. The van der Waals surface area contributed by atoms with E-state index in [1.54, 1.807) is 0 Å². The van der Waals surface area contributed by atoms with Crippen molar-refractivity contribution in [2.75, 3.05) is 4.90 Å². The lowest BCUT2D eigenvalue weighted by molar-refractivity contribution is 0.647. The summed E-state index contributed by atoms with van der Waals surface area (Å²) in [6.45, 7) is 4.69. The highest BCUT2D eigenvalue weighted by Crippen LogP contribution is 2.57. The normalized spacial score (nSPS) is 13.1. The SMILES string of the molecule is CC1(C)c2ccc(N(c3ccccc3)c3ccccc3-c3ccccc3)cc2-c2c1cc1oc3ccccc3c1c2-c1ccccc1. The molecule has 224 valence electrons. The number of rotatable bonds is 5. The van der Waals surface area contributed by atoms with Crippen LogP contribution in [0.3, 0.4) is 0 Å². The monoisotopic (exact) mass is 603 g/mol. The molecular formula is C45H33NO. The van der Waals surface area contributed by atoms with Crippen LogP contribution in [0.15, 0.2) is 168 Å². The Morgan fingerprint density at radius 3 is 1.87 bits per heavy atom. The number of hydrogen-bond donors (Lipinski definition) is 0. The Kier molecular flexibility index (Phi) is 6.20. The van der Waals surface area contributed by atoms with Crippen molar-refractivity contribution in [2.24, 2.45) is 0 Å². The van der Waals surface area contributed by atoms with Crippen molar-refractivity contribution in [1.29, 1.82) is 0 Å². The van der Waals surface area contributed by atoms with Gasteiger partial charge in [0.2, 0.25) is 0 Å². The molecule has 2 heteroatoms. The van der Waals surface area contributed by atoms with E-state index in [4.69, 9.17) is 4.42 Å². The average Bonchev–Trinajstić information content (AvgIpc) is 3.60. The Balaban J connectivity index is 1.35. The summed E-state index contributed by atoms with van der Waals surface area (Å²) >= 11 is 0. The Hall–Kier alpha value is -5.86. The lowest BCUT2D eigenvalue weighted by atomic mass is 9.81. The summed E-state index contributed by atoms with van der Waals surface area (Å²) in [7, 11) is 0. The van der Waals surface area contributed by atoms with Crippen molar-refractivity contribution < 1.29 is 4.42 Å². The van der Waals surface area contributed by atoms with E-state index in [1.165, 1.54) is 49.9 Å². The van der Waals surface area contributed by atoms with E-state index in [9.17, 15) is 0 Å². The average molecular weight is 604 g/mol. The predicted octanol–water partition coefficient (Wildman–Crippen LogP) is 12.7. The van der Waals surface area contributed by atoms with Crippen LogP contribution in [0.4, 0.5) is 17.1 Å². The molecule has 47 heavy (non-hydrogen) atoms. The van der Waals surface area contributed by atoms with Crippen molar-refractivity contribution in [1.82, 2.24) is 0 Å². The molecule has 0 saturated carbocycles. The van der Waals surface area contributed by atoms with E-state index in [2.05, 4.69) is 183 Å². The molecule has 0 bridgehead atoms. The molecule has 0 N–H and O–H groups in total. The maximum absolute atomic E-state index is 6.56. The zero-order valence-electron chi connectivity index (χ0n) is 26.4. The van der Waals surface area contributed by atoms with Gasteiger partial charge >= 0.3 is 0 Å². The first-order valence-electron chi connectivity index (χ1n) is 16.3. The molecule has 0 radical (unpaired) electrons. The van der Waals surface area contributed by atoms with Crippen LogP contribution in [0.5, 0.6) is 0 Å². The predicted molar refractivity (Wildman–Crippen MR) is 197 cm³/mol. The molecular weight excluding hydrogens is 571 g/mol. The molecule has 1 aromatic heterocycles. The molecule has 0 fully saturated rings. The van der Waals surface area contributed by atoms with Gasteiger partial charge in [0.15, 0.2) is 0 Å². The maximum Gasteiger partial charge on any atom is 0.136 e. The third kappa shape index (κ3) is 4.26. The summed E-state index contributed by atoms with van der Waals surface area (Å²) in [6, 6.07) is 58.7. The Bertz CT molecular complexity index is 2420. The zero-order valence-corrected chi connectivity index (χ0v) is 26.4. The molecule has 0 saturated heterocycles. The summed E-state index contributed by atoms with van der Waals surface area (Å²) in [5.41, 5.74) is 15.0.